The Bertz CT molecular complexity index is 1170. The number of thioether (sulfide) groups is 1. The molecule has 1 aliphatic heterocycles. The zero-order chi connectivity index (χ0) is 19.1. The molecule has 0 spiro atoms. The number of anilines is 1. The molecule has 28 heavy (non-hydrogen) atoms. The lowest BCUT2D eigenvalue weighted by Crippen LogP contribution is -2.37. The van der Waals surface area contributed by atoms with Gasteiger partial charge in [0.05, 0.1) is 0 Å². The molecule has 1 unspecified atom stereocenters. The molecule has 1 aliphatic rings. The van der Waals surface area contributed by atoms with Crippen molar-refractivity contribution in [3.63, 3.8) is 0 Å². The summed E-state index contributed by atoms with van der Waals surface area (Å²) in [5, 5.41) is 1.10. The fourth-order valence-corrected chi connectivity index (χ4v) is 5.62. The molecule has 1 N–H and O–H groups in total. The normalized spacial score (nSPS) is 18.6. The Morgan fingerprint density at radius 1 is 0.893 bits per heavy atom. The number of hydrogen-bond donors (Lipinski definition) is 1. The van der Waals surface area contributed by atoms with Crippen LogP contribution in [-0.4, -0.2) is 17.9 Å². The van der Waals surface area contributed by atoms with E-state index >= 15 is 0 Å². The van der Waals surface area contributed by atoms with Crippen LogP contribution < -0.4 is 4.90 Å². The summed E-state index contributed by atoms with van der Waals surface area (Å²) in [4.78, 5) is 18.9. The molecule has 3 aromatic carbocycles. The van der Waals surface area contributed by atoms with Crippen LogP contribution in [-0.2, 0) is 15.3 Å². The van der Waals surface area contributed by atoms with E-state index in [-0.39, 0.29) is 5.91 Å². The Morgan fingerprint density at radius 3 is 2.46 bits per heavy atom. The number of amides is 1. The first-order valence-electron chi connectivity index (χ1n) is 9.34. The van der Waals surface area contributed by atoms with Crippen LogP contribution in [0.4, 0.5) is 5.69 Å². The maximum absolute atomic E-state index is 13.7. The number of carbonyl (C=O) groups excluding carboxylic acids is 1. The standard InChI is InChI=1S/C24H20N2OS/c1-26-22-14-8-6-12-19(22)24(23(26)27,28-16-17-9-3-2-4-10-17)20-15-25-21-13-7-5-11-18(20)21/h2-15,25H,16H2,1H3. The van der Waals surface area contributed by atoms with Crippen molar-refractivity contribution in [2.75, 3.05) is 11.9 Å². The minimum absolute atomic E-state index is 0.111. The highest BCUT2D eigenvalue weighted by Gasteiger charge is 2.52. The maximum atomic E-state index is 13.7. The maximum Gasteiger partial charge on any atom is 0.252 e. The first-order chi connectivity index (χ1) is 13.7. The van der Waals surface area contributed by atoms with Crippen LogP contribution in [0.15, 0.2) is 85.1 Å². The summed E-state index contributed by atoms with van der Waals surface area (Å²) < 4.78 is -0.763. The second-order valence-corrected chi connectivity index (χ2v) is 8.27. The number of aromatic amines is 1. The fraction of sp³-hybridized carbons (Fsp3) is 0.125. The Hall–Kier alpha value is -2.98. The third-order valence-electron chi connectivity index (χ3n) is 5.52. The third kappa shape index (κ3) is 2.41. The lowest BCUT2D eigenvalue weighted by atomic mass is 9.91. The predicted octanol–water partition coefficient (Wildman–Crippen LogP) is 5.32. The van der Waals surface area contributed by atoms with E-state index in [1.807, 2.05) is 61.8 Å². The van der Waals surface area contributed by atoms with E-state index in [4.69, 9.17) is 0 Å². The van der Waals surface area contributed by atoms with Gasteiger partial charge in [-0.1, -0.05) is 66.7 Å². The van der Waals surface area contributed by atoms with E-state index in [1.54, 1.807) is 16.7 Å². The monoisotopic (exact) mass is 384 g/mol. The van der Waals surface area contributed by atoms with Gasteiger partial charge in [0, 0.05) is 46.7 Å². The van der Waals surface area contributed by atoms with Crippen molar-refractivity contribution in [1.82, 2.24) is 4.98 Å². The van der Waals surface area contributed by atoms with Gasteiger partial charge in [-0.15, -0.1) is 11.8 Å². The van der Waals surface area contributed by atoms with Gasteiger partial charge in [-0.2, -0.15) is 0 Å². The summed E-state index contributed by atoms with van der Waals surface area (Å²) in [6, 6.07) is 26.7. The molecule has 3 nitrogen and oxygen atoms in total. The molecule has 0 saturated carbocycles. The fourth-order valence-electron chi connectivity index (χ4n) is 4.13. The number of rotatable bonds is 4. The Kier molecular flexibility index (Phi) is 4.02. The Morgan fingerprint density at radius 2 is 1.61 bits per heavy atom. The summed E-state index contributed by atoms with van der Waals surface area (Å²) in [6.07, 6.45) is 2.01. The number of fused-ring (bicyclic) bond motifs is 2. The molecule has 138 valence electrons. The Labute approximate surface area is 168 Å². The SMILES string of the molecule is CN1C(=O)C(SCc2ccccc2)(c2c[nH]c3ccccc23)c2ccccc21. The third-order valence-corrected chi connectivity index (χ3v) is 7.04. The van der Waals surface area contributed by atoms with Crippen LogP contribution >= 0.6 is 11.8 Å². The van der Waals surface area contributed by atoms with Gasteiger partial charge < -0.3 is 9.88 Å². The highest BCUT2D eigenvalue weighted by molar-refractivity contribution is 8.00. The number of benzene rings is 3. The van der Waals surface area contributed by atoms with E-state index in [0.717, 1.165) is 33.5 Å². The quantitative estimate of drug-likeness (QED) is 0.517. The van der Waals surface area contributed by atoms with Gasteiger partial charge in [0.1, 0.15) is 4.75 Å². The van der Waals surface area contributed by atoms with Crippen molar-refractivity contribution >= 4 is 34.3 Å². The average molecular weight is 385 g/mol. The van der Waals surface area contributed by atoms with Crippen molar-refractivity contribution in [2.24, 2.45) is 0 Å². The van der Waals surface area contributed by atoms with Crippen LogP contribution in [0, 0.1) is 0 Å². The van der Waals surface area contributed by atoms with E-state index in [2.05, 4.69) is 35.3 Å². The summed E-state index contributed by atoms with van der Waals surface area (Å²) >= 11 is 1.70. The smallest absolute Gasteiger partial charge is 0.252 e. The number of para-hydroxylation sites is 2. The highest BCUT2D eigenvalue weighted by atomic mass is 32.2. The molecule has 1 amide bonds. The van der Waals surface area contributed by atoms with E-state index in [0.29, 0.717) is 0 Å². The summed E-state index contributed by atoms with van der Waals surface area (Å²) in [7, 11) is 1.88. The number of nitrogens with zero attached hydrogens (tertiary/aromatic N) is 1. The molecule has 0 bridgehead atoms. The zero-order valence-electron chi connectivity index (χ0n) is 15.6. The minimum atomic E-state index is -0.763. The van der Waals surface area contributed by atoms with Gasteiger partial charge in [-0.25, -0.2) is 0 Å². The number of aromatic nitrogens is 1. The molecular formula is C24H20N2OS. The van der Waals surface area contributed by atoms with Crippen LogP contribution in [0.3, 0.4) is 0 Å². The van der Waals surface area contributed by atoms with Crippen LogP contribution in [0.5, 0.6) is 0 Å². The van der Waals surface area contributed by atoms with Crippen molar-refractivity contribution < 1.29 is 4.79 Å². The molecule has 0 aliphatic carbocycles. The second-order valence-electron chi connectivity index (χ2n) is 7.08. The molecule has 2 heterocycles. The van der Waals surface area contributed by atoms with Crippen LogP contribution in [0.25, 0.3) is 10.9 Å². The van der Waals surface area contributed by atoms with E-state index in [1.165, 1.54) is 5.56 Å². The van der Waals surface area contributed by atoms with Gasteiger partial charge in [0.2, 0.25) is 0 Å². The van der Waals surface area contributed by atoms with Gasteiger partial charge in [0.15, 0.2) is 0 Å². The van der Waals surface area contributed by atoms with Crippen molar-refractivity contribution in [3.8, 4) is 0 Å². The van der Waals surface area contributed by atoms with Gasteiger partial charge in [-0.3, -0.25) is 4.79 Å². The molecule has 5 rings (SSSR count). The lowest BCUT2D eigenvalue weighted by molar-refractivity contribution is -0.119. The predicted molar refractivity (Wildman–Crippen MR) is 117 cm³/mol. The topological polar surface area (TPSA) is 36.1 Å². The van der Waals surface area contributed by atoms with Crippen molar-refractivity contribution in [3.05, 3.63) is 102 Å². The number of nitrogens with one attached hydrogen (secondary N) is 1. The minimum Gasteiger partial charge on any atom is -0.361 e. The van der Waals surface area contributed by atoms with Crippen LogP contribution in [0.2, 0.25) is 0 Å². The molecule has 1 atom stereocenters. The molecule has 4 heteroatoms. The van der Waals surface area contributed by atoms with Crippen molar-refractivity contribution in [1.29, 1.82) is 0 Å². The van der Waals surface area contributed by atoms with E-state index in [9.17, 15) is 4.79 Å². The lowest BCUT2D eigenvalue weighted by Gasteiger charge is -2.28. The number of carbonyl (C=O) groups is 1. The van der Waals surface area contributed by atoms with Gasteiger partial charge in [-0.05, 0) is 17.7 Å². The van der Waals surface area contributed by atoms with Crippen LogP contribution in [0.1, 0.15) is 16.7 Å². The summed E-state index contributed by atoms with van der Waals surface area (Å²) in [5.41, 5.74) is 5.35. The molecule has 1 aromatic heterocycles. The van der Waals surface area contributed by atoms with E-state index < -0.39 is 4.75 Å². The largest absolute Gasteiger partial charge is 0.361 e. The number of H-pyrrole nitrogens is 1. The second kappa shape index (κ2) is 6.57. The Balaban J connectivity index is 1.73. The van der Waals surface area contributed by atoms with Gasteiger partial charge in [0.25, 0.3) is 5.91 Å². The molecule has 0 saturated heterocycles. The van der Waals surface area contributed by atoms with Crippen molar-refractivity contribution in [2.45, 2.75) is 10.5 Å². The molecular weight excluding hydrogens is 364 g/mol. The molecule has 0 radical (unpaired) electrons. The molecule has 4 aromatic rings. The molecule has 0 fully saturated rings. The summed E-state index contributed by atoms with van der Waals surface area (Å²) in [6.45, 7) is 0. The first kappa shape index (κ1) is 17.1. The van der Waals surface area contributed by atoms with Gasteiger partial charge >= 0.3 is 0 Å². The number of likely N-dealkylation sites (N-methyl/N-ethyl adjacent to an activating group) is 1. The zero-order valence-corrected chi connectivity index (χ0v) is 16.4. The summed E-state index contributed by atoms with van der Waals surface area (Å²) in [5.74, 6) is 0.869. The highest BCUT2D eigenvalue weighted by Crippen LogP contribution is 2.54. The first-order valence-corrected chi connectivity index (χ1v) is 10.3. The average Bonchev–Trinajstić information content (AvgIpc) is 3.27. The number of hydrogen-bond acceptors (Lipinski definition) is 2.